The quantitative estimate of drug-likeness (QED) is 0.871. The van der Waals surface area contributed by atoms with Crippen LogP contribution in [0.3, 0.4) is 0 Å². The summed E-state index contributed by atoms with van der Waals surface area (Å²) in [5.74, 6) is 0.670. The summed E-state index contributed by atoms with van der Waals surface area (Å²) in [5.41, 5.74) is 3.21. The third-order valence-corrected chi connectivity index (χ3v) is 3.62. The number of hydrogen-bond acceptors (Lipinski definition) is 2. The van der Waals surface area contributed by atoms with Crippen LogP contribution in [0.25, 0.3) is 0 Å². The SMILES string of the molecule is CNCc1ccc(OCc2ccc(C)cc2Cl)c(Cl)c1. The fourth-order valence-corrected chi connectivity index (χ4v) is 2.45. The number of ether oxygens (including phenoxy) is 1. The number of halogens is 2. The third-order valence-electron chi connectivity index (χ3n) is 2.97. The fraction of sp³-hybridized carbons (Fsp3) is 0.250. The molecule has 2 aromatic carbocycles. The van der Waals surface area contributed by atoms with Gasteiger partial charge in [-0.1, -0.05) is 41.4 Å². The van der Waals surface area contributed by atoms with E-state index in [4.69, 9.17) is 27.9 Å². The number of rotatable bonds is 5. The Morgan fingerprint density at radius 1 is 1.05 bits per heavy atom. The topological polar surface area (TPSA) is 21.3 Å². The summed E-state index contributed by atoms with van der Waals surface area (Å²) in [5, 5.41) is 4.41. The van der Waals surface area contributed by atoms with Crippen LogP contribution < -0.4 is 10.1 Å². The molecule has 0 bridgehead atoms. The molecule has 0 saturated carbocycles. The molecule has 106 valence electrons. The summed E-state index contributed by atoms with van der Waals surface area (Å²) in [4.78, 5) is 0. The molecule has 20 heavy (non-hydrogen) atoms. The Labute approximate surface area is 129 Å². The van der Waals surface area contributed by atoms with Gasteiger partial charge in [-0.05, 0) is 43.3 Å². The molecule has 0 spiro atoms. The lowest BCUT2D eigenvalue weighted by atomic mass is 10.1. The summed E-state index contributed by atoms with van der Waals surface area (Å²) in [6.07, 6.45) is 0. The number of nitrogens with one attached hydrogen (secondary N) is 1. The Balaban J connectivity index is 2.07. The van der Waals surface area contributed by atoms with Crippen LogP contribution in [0.2, 0.25) is 10.0 Å². The highest BCUT2D eigenvalue weighted by molar-refractivity contribution is 6.32. The van der Waals surface area contributed by atoms with Crippen molar-refractivity contribution in [3.63, 3.8) is 0 Å². The van der Waals surface area contributed by atoms with Crippen molar-refractivity contribution in [3.05, 3.63) is 63.1 Å². The van der Waals surface area contributed by atoms with Crippen LogP contribution in [0, 0.1) is 6.92 Å². The zero-order chi connectivity index (χ0) is 14.5. The van der Waals surface area contributed by atoms with Crippen molar-refractivity contribution in [2.24, 2.45) is 0 Å². The summed E-state index contributed by atoms with van der Waals surface area (Å²) in [6, 6.07) is 11.7. The van der Waals surface area contributed by atoms with E-state index in [0.29, 0.717) is 22.4 Å². The van der Waals surface area contributed by atoms with Crippen molar-refractivity contribution in [2.45, 2.75) is 20.1 Å². The molecular formula is C16H17Cl2NO. The minimum atomic E-state index is 0.407. The van der Waals surface area contributed by atoms with E-state index in [1.165, 1.54) is 0 Å². The van der Waals surface area contributed by atoms with Crippen LogP contribution in [-0.2, 0) is 13.2 Å². The minimum Gasteiger partial charge on any atom is -0.487 e. The summed E-state index contributed by atoms with van der Waals surface area (Å²) < 4.78 is 5.74. The first kappa shape index (κ1) is 15.2. The van der Waals surface area contributed by atoms with Gasteiger partial charge in [0.15, 0.2) is 0 Å². The van der Waals surface area contributed by atoms with Crippen molar-refractivity contribution >= 4 is 23.2 Å². The first-order valence-corrected chi connectivity index (χ1v) is 7.16. The van der Waals surface area contributed by atoms with Gasteiger partial charge in [0, 0.05) is 17.1 Å². The molecule has 0 fully saturated rings. The van der Waals surface area contributed by atoms with Gasteiger partial charge in [0.05, 0.1) is 5.02 Å². The molecule has 0 unspecified atom stereocenters. The van der Waals surface area contributed by atoms with E-state index in [2.05, 4.69) is 5.32 Å². The zero-order valence-electron chi connectivity index (χ0n) is 11.5. The normalized spacial score (nSPS) is 10.6. The van der Waals surface area contributed by atoms with Crippen LogP contribution in [0.5, 0.6) is 5.75 Å². The summed E-state index contributed by atoms with van der Waals surface area (Å²) in [7, 11) is 1.90. The van der Waals surface area contributed by atoms with Crippen LogP contribution >= 0.6 is 23.2 Å². The van der Waals surface area contributed by atoms with Gasteiger partial charge >= 0.3 is 0 Å². The van der Waals surface area contributed by atoms with Gasteiger partial charge in [-0.15, -0.1) is 0 Å². The Hall–Kier alpha value is -1.22. The lowest BCUT2D eigenvalue weighted by molar-refractivity contribution is 0.306. The highest BCUT2D eigenvalue weighted by atomic mass is 35.5. The van der Waals surface area contributed by atoms with Crippen LogP contribution in [0.1, 0.15) is 16.7 Å². The number of hydrogen-bond donors (Lipinski definition) is 1. The lowest BCUT2D eigenvalue weighted by Gasteiger charge is -2.11. The predicted molar refractivity (Wildman–Crippen MR) is 84.7 cm³/mol. The number of benzene rings is 2. The Morgan fingerprint density at radius 2 is 1.85 bits per heavy atom. The van der Waals surface area contributed by atoms with Crippen LogP contribution in [-0.4, -0.2) is 7.05 Å². The van der Waals surface area contributed by atoms with Gasteiger partial charge in [-0.2, -0.15) is 0 Å². The van der Waals surface area contributed by atoms with Crippen LogP contribution in [0.15, 0.2) is 36.4 Å². The zero-order valence-corrected chi connectivity index (χ0v) is 13.1. The average Bonchev–Trinajstić information content (AvgIpc) is 2.40. The molecule has 0 heterocycles. The molecule has 0 aliphatic heterocycles. The predicted octanol–water partition coefficient (Wildman–Crippen LogP) is 4.60. The molecular weight excluding hydrogens is 293 g/mol. The molecule has 0 saturated heterocycles. The molecule has 0 aromatic heterocycles. The van der Waals surface area contributed by atoms with E-state index >= 15 is 0 Å². The molecule has 0 radical (unpaired) electrons. The molecule has 0 atom stereocenters. The smallest absolute Gasteiger partial charge is 0.138 e. The van der Waals surface area contributed by atoms with Crippen molar-refractivity contribution in [1.29, 1.82) is 0 Å². The maximum absolute atomic E-state index is 6.21. The maximum atomic E-state index is 6.21. The van der Waals surface area contributed by atoms with E-state index in [1.54, 1.807) is 0 Å². The van der Waals surface area contributed by atoms with Gasteiger partial charge < -0.3 is 10.1 Å². The van der Waals surface area contributed by atoms with Crippen molar-refractivity contribution in [3.8, 4) is 5.75 Å². The Morgan fingerprint density at radius 3 is 2.50 bits per heavy atom. The fourth-order valence-electron chi connectivity index (χ4n) is 1.90. The van der Waals surface area contributed by atoms with E-state index in [-0.39, 0.29) is 0 Å². The van der Waals surface area contributed by atoms with Crippen LogP contribution in [0.4, 0.5) is 0 Å². The molecule has 2 rings (SSSR count). The molecule has 0 aliphatic rings. The summed E-state index contributed by atoms with van der Waals surface area (Å²) >= 11 is 12.4. The lowest BCUT2D eigenvalue weighted by Crippen LogP contribution is -2.05. The Kier molecular flexibility index (Phi) is 5.30. The van der Waals surface area contributed by atoms with E-state index in [0.717, 1.165) is 23.2 Å². The molecule has 1 N–H and O–H groups in total. The standard InChI is InChI=1S/C16H17Cl2NO/c1-11-3-5-13(14(17)7-11)10-20-16-6-4-12(9-19-2)8-15(16)18/h3-8,19H,9-10H2,1-2H3. The van der Waals surface area contributed by atoms with E-state index < -0.39 is 0 Å². The molecule has 0 amide bonds. The molecule has 2 aromatic rings. The van der Waals surface area contributed by atoms with E-state index in [9.17, 15) is 0 Å². The molecule has 4 heteroatoms. The first-order valence-electron chi connectivity index (χ1n) is 6.41. The van der Waals surface area contributed by atoms with Gasteiger partial charge in [0.1, 0.15) is 12.4 Å². The van der Waals surface area contributed by atoms with Crippen molar-refractivity contribution < 1.29 is 4.74 Å². The van der Waals surface area contributed by atoms with Gasteiger partial charge in [-0.25, -0.2) is 0 Å². The Bertz CT molecular complexity index is 599. The average molecular weight is 310 g/mol. The van der Waals surface area contributed by atoms with E-state index in [1.807, 2.05) is 50.4 Å². The van der Waals surface area contributed by atoms with Gasteiger partial charge in [0.2, 0.25) is 0 Å². The molecule has 0 aliphatic carbocycles. The second kappa shape index (κ2) is 6.98. The van der Waals surface area contributed by atoms with Crippen molar-refractivity contribution in [1.82, 2.24) is 5.32 Å². The highest BCUT2D eigenvalue weighted by Gasteiger charge is 2.06. The minimum absolute atomic E-state index is 0.407. The summed E-state index contributed by atoms with van der Waals surface area (Å²) in [6.45, 7) is 3.20. The van der Waals surface area contributed by atoms with Gasteiger partial charge in [0.25, 0.3) is 0 Å². The largest absolute Gasteiger partial charge is 0.487 e. The third kappa shape index (κ3) is 3.89. The maximum Gasteiger partial charge on any atom is 0.138 e. The second-order valence-electron chi connectivity index (χ2n) is 4.68. The monoisotopic (exact) mass is 309 g/mol. The van der Waals surface area contributed by atoms with Gasteiger partial charge in [-0.3, -0.25) is 0 Å². The highest BCUT2D eigenvalue weighted by Crippen LogP contribution is 2.27. The second-order valence-corrected chi connectivity index (χ2v) is 5.49. The first-order chi connectivity index (χ1) is 9.60. The molecule has 2 nitrogen and oxygen atoms in total. The number of aryl methyl sites for hydroxylation is 1. The van der Waals surface area contributed by atoms with Crippen molar-refractivity contribution in [2.75, 3.05) is 7.05 Å².